The molecule has 3 heteroatoms. The Morgan fingerprint density at radius 1 is 1.14 bits per heavy atom. The van der Waals surface area contributed by atoms with Gasteiger partial charge in [0, 0.05) is 17.0 Å². The smallest absolute Gasteiger partial charge is 0.123 e. The first-order valence-electron chi connectivity index (χ1n) is 7.27. The molecule has 1 fully saturated rings. The Morgan fingerprint density at radius 3 is 2.43 bits per heavy atom. The molecule has 1 aliphatic carbocycles. The first kappa shape index (κ1) is 14.1. The van der Waals surface area contributed by atoms with Gasteiger partial charge in [-0.15, -0.1) is 0 Å². The predicted molar refractivity (Wildman–Crippen MR) is 82.1 cm³/mol. The van der Waals surface area contributed by atoms with Crippen molar-refractivity contribution in [2.75, 3.05) is 14.2 Å². The Kier molecular flexibility index (Phi) is 3.68. The fourth-order valence-corrected chi connectivity index (χ4v) is 3.31. The van der Waals surface area contributed by atoms with Crippen LogP contribution >= 0.6 is 0 Å². The predicted octanol–water partition coefficient (Wildman–Crippen LogP) is 3.83. The summed E-state index contributed by atoms with van der Waals surface area (Å²) in [6.07, 6.45) is 2.20. The molecule has 1 atom stereocenters. The molecule has 0 radical (unpaired) electrons. The highest BCUT2D eigenvalue weighted by molar-refractivity contribution is 5.44. The fraction of sp³-hybridized carbons (Fsp3) is 0.333. The first-order chi connectivity index (χ1) is 10.2. The Labute approximate surface area is 125 Å². The molecule has 0 amide bonds. The molecule has 2 nitrogen and oxygen atoms in total. The van der Waals surface area contributed by atoms with Gasteiger partial charge in [-0.2, -0.15) is 0 Å². The van der Waals surface area contributed by atoms with Gasteiger partial charge in [-0.05, 0) is 43.7 Å². The quantitative estimate of drug-likeness (QED) is 0.901. The van der Waals surface area contributed by atoms with Crippen LogP contribution in [0.4, 0.5) is 4.39 Å². The summed E-state index contributed by atoms with van der Waals surface area (Å²) in [6.45, 7) is 0. The van der Waals surface area contributed by atoms with Gasteiger partial charge in [0.15, 0.2) is 0 Å². The van der Waals surface area contributed by atoms with E-state index in [-0.39, 0.29) is 17.3 Å². The van der Waals surface area contributed by atoms with Crippen molar-refractivity contribution in [2.24, 2.45) is 0 Å². The zero-order chi connectivity index (χ0) is 14.9. The van der Waals surface area contributed by atoms with E-state index in [2.05, 4.69) is 29.6 Å². The molecule has 3 rings (SSSR count). The van der Waals surface area contributed by atoms with Crippen LogP contribution in [0.15, 0.2) is 48.5 Å². The molecule has 21 heavy (non-hydrogen) atoms. The highest BCUT2D eigenvalue weighted by Crippen LogP contribution is 2.57. The molecule has 0 saturated heterocycles. The number of rotatable bonds is 5. The number of methoxy groups -OCH3 is 1. The fourth-order valence-electron chi connectivity index (χ4n) is 3.31. The molecule has 1 saturated carbocycles. The number of hydrogen-bond acceptors (Lipinski definition) is 2. The van der Waals surface area contributed by atoms with Crippen LogP contribution in [0.2, 0.25) is 0 Å². The van der Waals surface area contributed by atoms with E-state index >= 15 is 0 Å². The minimum Gasteiger partial charge on any atom is -0.496 e. The van der Waals surface area contributed by atoms with Crippen LogP contribution in [-0.2, 0) is 5.41 Å². The second kappa shape index (κ2) is 5.49. The van der Waals surface area contributed by atoms with Gasteiger partial charge in [-0.25, -0.2) is 4.39 Å². The maximum Gasteiger partial charge on any atom is 0.123 e. The van der Waals surface area contributed by atoms with Crippen molar-refractivity contribution in [1.29, 1.82) is 0 Å². The van der Waals surface area contributed by atoms with Gasteiger partial charge in [0.2, 0.25) is 0 Å². The van der Waals surface area contributed by atoms with Crippen LogP contribution in [0.25, 0.3) is 0 Å². The minimum atomic E-state index is -0.227. The van der Waals surface area contributed by atoms with E-state index in [1.54, 1.807) is 19.2 Å². The molecule has 0 aliphatic heterocycles. The van der Waals surface area contributed by atoms with Crippen molar-refractivity contribution in [3.63, 3.8) is 0 Å². The summed E-state index contributed by atoms with van der Waals surface area (Å²) in [5.74, 6) is 0.507. The van der Waals surface area contributed by atoms with Gasteiger partial charge < -0.3 is 10.1 Å². The van der Waals surface area contributed by atoms with Crippen molar-refractivity contribution in [2.45, 2.75) is 24.3 Å². The lowest BCUT2D eigenvalue weighted by atomic mass is 9.83. The van der Waals surface area contributed by atoms with Gasteiger partial charge >= 0.3 is 0 Å². The van der Waals surface area contributed by atoms with Gasteiger partial charge in [0.05, 0.1) is 7.11 Å². The molecule has 1 N–H and O–H groups in total. The molecule has 0 spiro atoms. The lowest BCUT2D eigenvalue weighted by molar-refractivity contribution is 0.384. The van der Waals surface area contributed by atoms with E-state index in [0.717, 1.165) is 24.2 Å². The van der Waals surface area contributed by atoms with E-state index in [0.29, 0.717) is 0 Å². The monoisotopic (exact) mass is 285 g/mol. The summed E-state index contributed by atoms with van der Waals surface area (Å²) in [5, 5.41) is 3.37. The zero-order valence-corrected chi connectivity index (χ0v) is 12.4. The van der Waals surface area contributed by atoms with E-state index in [9.17, 15) is 4.39 Å². The maximum absolute atomic E-state index is 13.7. The Morgan fingerprint density at radius 2 is 1.86 bits per heavy atom. The zero-order valence-electron chi connectivity index (χ0n) is 12.4. The largest absolute Gasteiger partial charge is 0.496 e. The molecule has 2 aromatic rings. The maximum atomic E-state index is 13.7. The summed E-state index contributed by atoms with van der Waals surface area (Å²) >= 11 is 0. The summed E-state index contributed by atoms with van der Waals surface area (Å²) < 4.78 is 19.1. The van der Waals surface area contributed by atoms with Gasteiger partial charge in [-0.3, -0.25) is 0 Å². The Bertz CT molecular complexity index is 622. The summed E-state index contributed by atoms with van der Waals surface area (Å²) in [6, 6.07) is 15.2. The third-order valence-corrected chi connectivity index (χ3v) is 4.48. The molecule has 0 bridgehead atoms. The molecular formula is C18H20FNO. The molecule has 1 unspecified atom stereocenters. The first-order valence-corrected chi connectivity index (χ1v) is 7.27. The van der Waals surface area contributed by atoms with Crippen LogP contribution in [0.5, 0.6) is 5.75 Å². The third kappa shape index (κ3) is 2.42. The Balaban J connectivity index is 2.05. The topological polar surface area (TPSA) is 21.3 Å². The number of halogens is 1. The van der Waals surface area contributed by atoms with Crippen molar-refractivity contribution in [3.8, 4) is 5.75 Å². The summed E-state index contributed by atoms with van der Waals surface area (Å²) in [5.41, 5.74) is 2.23. The lowest BCUT2D eigenvalue weighted by Gasteiger charge is -2.29. The van der Waals surface area contributed by atoms with Crippen molar-refractivity contribution >= 4 is 0 Å². The number of ether oxygens (including phenoxy) is 1. The van der Waals surface area contributed by atoms with E-state index in [4.69, 9.17) is 4.74 Å². The SMILES string of the molecule is CNC(c1cc(F)ccc1OC)C1(c2ccccc2)CC1. The molecule has 110 valence electrons. The van der Waals surface area contributed by atoms with Crippen LogP contribution < -0.4 is 10.1 Å². The standard InChI is InChI=1S/C18H20FNO/c1-20-17(15-12-14(19)8-9-16(15)21-2)18(10-11-18)13-6-4-3-5-7-13/h3-9,12,17,20H,10-11H2,1-2H3. The second-order valence-electron chi connectivity index (χ2n) is 5.63. The molecule has 0 heterocycles. The summed E-state index contributed by atoms with van der Waals surface area (Å²) in [4.78, 5) is 0. The number of likely N-dealkylation sites (N-methyl/N-ethyl adjacent to an activating group) is 1. The van der Waals surface area contributed by atoms with Crippen molar-refractivity contribution < 1.29 is 9.13 Å². The van der Waals surface area contributed by atoms with Crippen LogP contribution in [0.3, 0.4) is 0 Å². The normalized spacial score (nSPS) is 17.3. The number of hydrogen-bond donors (Lipinski definition) is 1. The lowest BCUT2D eigenvalue weighted by Crippen LogP contribution is -2.30. The van der Waals surface area contributed by atoms with Crippen molar-refractivity contribution in [1.82, 2.24) is 5.32 Å². The van der Waals surface area contributed by atoms with E-state index in [1.807, 2.05) is 13.1 Å². The van der Waals surface area contributed by atoms with Gasteiger partial charge in [0.25, 0.3) is 0 Å². The highest BCUT2D eigenvalue weighted by atomic mass is 19.1. The molecular weight excluding hydrogens is 265 g/mol. The average Bonchev–Trinajstić information content (AvgIpc) is 3.31. The number of nitrogens with one attached hydrogen (secondary N) is 1. The van der Waals surface area contributed by atoms with Gasteiger partial charge in [0.1, 0.15) is 11.6 Å². The minimum absolute atomic E-state index is 0.0388. The summed E-state index contributed by atoms with van der Waals surface area (Å²) in [7, 11) is 3.56. The number of benzene rings is 2. The van der Waals surface area contributed by atoms with Crippen molar-refractivity contribution in [3.05, 3.63) is 65.5 Å². The Hall–Kier alpha value is -1.87. The van der Waals surface area contributed by atoms with Crippen LogP contribution in [-0.4, -0.2) is 14.2 Å². The molecule has 0 aromatic heterocycles. The van der Waals surface area contributed by atoms with Crippen LogP contribution in [0, 0.1) is 5.82 Å². The van der Waals surface area contributed by atoms with E-state index in [1.165, 1.54) is 11.6 Å². The highest BCUT2D eigenvalue weighted by Gasteiger charge is 2.51. The van der Waals surface area contributed by atoms with Crippen LogP contribution in [0.1, 0.15) is 30.0 Å². The molecule has 2 aromatic carbocycles. The third-order valence-electron chi connectivity index (χ3n) is 4.48. The average molecular weight is 285 g/mol. The van der Waals surface area contributed by atoms with Gasteiger partial charge in [-0.1, -0.05) is 30.3 Å². The second-order valence-corrected chi connectivity index (χ2v) is 5.63. The molecule has 1 aliphatic rings. The van der Waals surface area contributed by atoms with E-state index < -0.39 is 0 Å².